The molecule has 0 saturated carbocycles. The Hall–Kier alpha value is -3.65. The van der Waals surface area contributed by atoms with Gasteiger partial charge >= 0.3 is 0 Å². The molecular formula is C30H37N3O4S. The molecule has 0 radical (unpaired) electrons. The van der Waals surface area contributed by atoms with Crippen LogP contribution in [0.5, 0.6) is 0 Å². The van der Waals surface area contributed by atoms with Gasteiger partial charge in [-0.15, -0.1) is 0 Å². The van der Waals surface area contributed by atoms with Crippen LogP contribution in [0.4, 0.5) is 5.69 Å². The van der Waals surface area contributed by atoms with Crippen molar-refractivity contribution in [3.63, 3.8) is 0 Å². The van der Waals surface area contributed by atoms with E-state index in [4.69, 9.17) is 0 Å². The van der Waals surface area contributed by atoms with Crippen LogP contribution in [0, 0.1) is 6.92 Å². The second-order valence-electron chi connectivity index (χ2n) is 9.20. The molecule has 0 saturated heterocycles. The first-order valence-electron chi connectivity index (χ1n) is 13.0. The first-order chi connectivity index (χ1) is 18.2. The Bertz CT molecular complexity index is 1330. The minimum Gasteiger partial charge on any atom is -0.355 e. The lowest BCUT2D eigenvalue weighted by atomic mass is 10.1. The molecular weight excluding hydrogens is 498 g/mol. The summed E-state index contributed by atoms with van der Waals surface area (Å²) in [6, 6.07) is 22.7. The lowest BCUT2D eigenvalue weighted by molar-refractivity contribution is -0.138. The summed E-state index contributed by atoms with van der Waals surface area (Å²) < 4.78 is 29.0. The number of nitrogens with zero attached hydrogens (tertiary/aromatic N) is 2. The second kappa shape index (κ2) is 13.2. The monoisotopic (exact) mass is 535 g/mol. The lowest BCUT2D eigenvalue weighted by Gasteiger charge is -2.32. The Morgan fingerprint density at radius 2 is 1.53 bits per heavy atom. The van der Waals surface area contributed by atoms with E-state index in [0.717, 1.165) is 16.7 Å². The van der Waals surface area contributed by atoms with Gasteiger partial charge < -0.3 is 10.2 Å². The van der Waals surface area contributed by atoms with Crippen LogP contribution in [0.2, 0.25) is 0 Å². The zero-order chi connectivity index (χ0) is 27.7. The van der Waals surface area contributed by atoms with E-state index in [2.05, 4.69) is 5.32 Å². The highest BCUT2D eigenvalue weighted by Gasteiger charge is 2.32. The molecule has 1 atom stereocenters. The smallest absolute Gasteiger partial charge is 0.264 e. The number of hydrogen-bond donors (Lipinski definition) is 1. The maximum absolute atomic E-state index is 13.9. The fourth-order valence-corrected chi connectivity index (χ4v) is 5.75. The lowest BCUT2D eigenvalue weighted by Crippen LogP contribution is -2.52. The fourth-order valence-electron chi connectivity index (χ4n) is 4.30. The highest BCUT2D eigenvalue weighted by molar-refractivity contribution is 7.92. The maximum Gasteiger partial charge on any atom is 0.264 e. The molecule has 8 heteroatoms. The van der Waals surface area contributed by atoms with Crippen molar-refractivity contribution in [2.75, 3.05) is 23.9 Å². The Labute approximate surface area is 226 Å². The summed E-state index contributed by atoms with van der Waals surface area (Å²) in [5.74, 6) is -0.725. The van der Waals surface area contributed by atoms with Gasteiger partial charge in [-0.25, -0.2) is 8.42 Å². The molecule has 202 valence electrons. The number of anilines is 1. The topological polar surface area (TPSA) is 86.8 Å². The van der Waals surface area contributed by atoms with Crippen LogP contribution in [-0.4, -0.2) is 50.8 Å². The number of rotatable bonds is 12. The van der Waals surface area contributed by atoms with E-state index in [1.165, 1.54) is 9.21 Å². The number of carbonyl (C=O) groups excluding carboxylic acids is 2. The van der Waals surface area contributed by atoms with E-state index in [0.29, 0.717) is 25.1 Å². The van der Waals surface area contributed by atoms with Crippen LogP contribution in [0.25, 0.3) is 0 Å². The molecule has 0 unspecified atom stereocenters. The van der Waals surface area contributed by atoms with Gasteiger partial charge in [-0.3, -0.25) is 13.9 Å². The Kier molecular flexibility index (Phi) is 10.1. The molecule has 0 heterocycles. The average Bonchev–Trinajstić information content (AvgIpc) is 2.92. The molecule has 0 aliphatic heterocycles. The molecule has 0 spiro atoms. The highest BCUT2D eigenvalue weighted by Crippen LogP contribution is 2.28. The summed E-state index contributed by atoms with van der Waals surface area (Å²) in [7, 11) is -4.07. The quantitative estimate of drug-likeness (QED) is 0.374. The summed E-state index contributed by atoms with van der Waals surface area (Å²) in [4.78, 5) is 28.2. The number of hydrogen-bond acceptors (Lipinski definition) is 4. The summed E-state index contributed by atoms with van der Waals surface area (Å²) in [6.07, 6.45) is 1.13. The molecule has 3 aromatic carbocycles. The van der Waals surface area contributed by atoms with Gasteiger partial charge in [0.15, 0.2) is 0 Å². The van der Waals surface area contributed by atoms with E-state index >= 15 is 0 Å². The molecule has 0 bridgehead atoms. The normalized spacial score (nSPS) is 12.0. The summed E-state index contributed by atoms with van der Waals surface area (Å²) >= 11 is 0. The van der Waals surface area contributed by atoms with E-state index in [-0.39, 0.29) is 17.3 Å². The van der Waals surface area contributed by atoms with Crippen LogP contribution < -0.4 is 9.62 Å². The van der Waals surface area contributed by atoms with Gasteiger partial charge in [0.1, 0.15) is 12.6 Å². The number of nitrogens with one attached hydrogen (secondary N) is 1. The number of likely N-dealkylation sites (N-methyl/N-ethyl adjacent to an activating group) is 1. The van der Waals surface area contributed by atoms with Crippen molar-refractivity contribution in [2.24, 2.45) is 0 Å². The number of para-hydroxylation sites is 1. The van der Waals surface area contributed by atoms with E-state index in [9.17, 15) is 18.0 Å². The SMILES string of the molecule is CCNC(=O)[C@H](C)N(CCc1ccccc1)C(=O)CN(c1ccccc1CC)S(=O)(=O)c1ccc(C)cc1. The van der Waals surface area contributed by atoms with Gasteiger partial charge in [0.25, 0.3) is 10.0 Å². The number of benzene rings is 3. The third kappa shape index (κ3) is 7.01. The van der Waals surface area contributed by atoms with Gasteiger partial charge in [0.2, 0.25) is 11.8 Å². The molecule has 38 heavy (non-hydrogen) atoms. The van der Waals surface area contributed by atoms with E-state index in [1.807, 2.05) is 63.2 Å². The molecule has 7 nitrogen and oxygen atoms in total. The highest BCUT2D eigenvalue weighted by atomic mass is 32.2. The minimum absolute atomic E-state index is 0.106. The van der Waals surface area contributed by atoms with Gasteiger partial charge in [-0.05, 0) is 62.9 Å². The Balaban J connectivity index is 2.01. The van der Waals surface area contributed by atoms with E-state index in [1.54, 1.807) is 43.3 Å². The minimum atomic E-state index is -4.07. The molecule has 0 aromatic heterocycles. The molecule has 1 N–H and O–H groups in total. The van der Waals surface area contributed by atoms with Gasteiger partial charge in [0.05, 0.1) is 10.6 Å². The van der Waals surface area contributed by atoms with Crippen LogP contribution in [0.3, 0.4) is 0 Å². The standard InChI is InChI=1S/C30H37N3O4S/c1-5-26-14-10-11-15-28(26)33(38(36,37)27-18-16-23(3)17-19-27)22-29(34)32(24(4)30(35)31-6-2)21-20-25-12-8-7-9-13-25/h7-19,24H,5-6,20-22H2,1-4H3,(H,31,35)/t24-/m0/s1. The van der Waals surface area contributed by atoms with Crippen LogP contribution in [0.15, 0.2) is 83.8 Å². The predicted molar refractivity (Wildman–Crippen MR) is 152 cm³/mol. The zero-order valence-electron chi connectivity index (χ0n) is 22.6. The van der Waals surface area contributed by atoms with Crippen molar-refractivity contribution in [1.29, 1.82) is 0 Å². The number of sulfonamides is 1. The molecule has 2 amide bonds. The number of aryl methyl sites for hydroxylation is 2. The van der Waals surface area contributed by atoms with Gasteiger partial charge in [0, 0.05) is 13.1 Å². The summed E-state index contributed by atoms with van der Waals surface area (Å²) in [5, 5.41) is 2.78. The Morgan fingerprint density at radius 3 is 2.16 bits per heavy atom. The van der Waals surface area contributed by atoms with E-state index < -0.39 is 28.5 Å². The third-order valence-electron chi connectivity index (χ3n) is 6.53. The van der Waals surface area contributed by atoms with Crippen LogP contribution in [0.1, 0.15) is 37.5 Å². The largest absolute Gasteiger partial charge is 0.355 e. The molecule has 0 aliphatic carbocycles. The molecule has 0 fully saturated rings. The molecule has 3 aromatic rings. The van der Waals surface area contributed by atoms with Crippen LogP contribution in [-0.2, 0) is 32.5 Å². The summed E-state index contributed by atoms with van der Waals surface area (Å²) in [6.45, 7) is 7.60. The fraction of sp³-hybridized carbons (Fsp3) is 0.333. The first kappa shape index (κ1) is 28.9. The van der Waals surface area contributed by atoms with Crippen molar-refractivity contribution in [1.82, 2.24) is 10.2 Å². The molecule has 0 aliphatic rings. The van der Waals surface area contributed by atoms with Crippen molar-refractivity contribution in [3.05, 3.63) is 95.6 Å². The second-order valence-corrected chi connectivity index (χ2v) is 11.1. The number of amides is 2. The third-order valence-corrected chi connectivity index (χ3v) is 8.31. The zero-order valence-corrected chi connectivity index (χ0v) is 23.4. The van der Waals surface area contributed by atoms with Crippen molar-refractivity contribution in [3.8, 4) is 0 Å². The average molecular weight is 536 g/mol. The Morgan fingerprint density at radius 1 is 0.895 bits per heavy atom. The van der Waals surface area contributed by atoms with Crippen molar-refractivity contribution >= 4 is 27.5 Å². The van der Waals surface area contributed by atoms with Crippen molar-refractivity contribution < 1.29 is 18.0 Å². The van der Waals surface area contributed by atoms with Gasteiger partial charge in [-0.2, -0.15) is 0 Å². The number of carbonyl (C=O) groups is 2. The summed E-state index contributed by atoms with van der Waals surface area (Å²) in [5.41, 5.74) is 3.22. The maximum atomic E-state index is 13.9. The predicted octanol–water partition coefficient (Wildman–Crippen LogP) is 4.35. The van der Waals surface area contributed by atoms with Gasteiger partial charge in [-0.1, -0.05) is 73.2 Å². The van der Waals surface area contributed by atoms with Crippen molar-refractivity contribution in [2.45, 2.75) is 51.5 Å². The first-order valence-corrected chi connectivity index (χ1v) is 14.4. The van der Waals surface area contributed by atoms with Crippen LogP contribution >= 0.6 is 0 Å². The molecule has 3 rings (SSSR count).